The van der Waals surface area contributed by atoms with Crippen LogP contribution in [0.25, 0.3) is 16.3 Å². The first-order chi connectivity index (χ1) is 13.1. The van der Waals surface area contributed by atoms with Crippen LogP contribution in [0.2, 0.25) is 5.02 Å². The number of carbonyl (C=O) groups excluding carboxylic acids is 1. The summed E-state index contributed by atoms with van der Waals surface area (Å²) in [6, 6.07) is 17.4. The zero-order chi connectivity index (χ0) is 18.8. The van der Waals surface area contributed by atoms with E-state index in [-0.39, 0.29) is 10.7 Å². The first-order valence-corrected chi connectivity index (χ1v) is 9.33. The molecule has 7 heteroatoms. The highest BCUT2D eigenvalue weighted by Gasteiger charge is 2.20. The van der Waals surface area contributed by atoms with Crippen molar-refractivity contribution in [1.82, 2.24) is 9.78 Å². The lowest BCUT2D eigenvalue weighted by Crippen LogP contribution is -2.13. The highest BCUT2D eigenvalue weighted by molar-refractivity contribution is 7.13. The van der Waals surface area contributed by atoms with Gasteiger partial charge in [0, 0.05) is 11.2 Å². The molecule has 0 spiro atoms. The Morgan fingerprint density at radius 2 is 1.93 bits per heavy atom. The second-order valence-electron chi connectivity index (χ2n) is 5.73. The summed E-state index contributed by atoms with van der Waals surface area (Å²) < 4.78 is 15.7. The first-order valence-electron chi connectivity index (χ1n) is 8.07. The Bertz CT molecular complexity index is 1090. The van der Waals surface area contributed by atoms with Gasteiger partial charge in [-0.15, -0.1) is 11.3 Å². The number of nitrogens with one attached hydrogen (secondary N) is 1. The molecule has 2 aromatic heterocycles. The van der Waals surface area contributed by atoms with E-state index in [9.17, 15) is 9.18 Å². The summed E-state index contributed by atoms with van der Waals surface area (Å²) in [5.41, 5.74) is 1.79. The molecule has 27 heavy (non-hydrogen) atoms. The maximum absolute atomic E-state index is 14.1. The third-order valence-electron chi connectivity index (χ3n) is 3.91. The fourth-order valence-corrected chi connectivity index (χ4v) is 3.51. The van der Waals surface area contributed by atoms with Crippen LogP contribution in [-0.2, 0) is 0 Å². The zero-order valence-corrected chi connectivity index (χ0v) is 15.5. The van der Waals surface area contributed by atoms with Gasteiger partial charge in [0.15, 0.2) is 0 Å². The minimum absolute atomic E-state index is 0.0639. The molecular formula is C20H13ClFN3OS. The van der Waals surface area contributed by atoms with Crippen LogP contribution in [0.4, 0.5) is 10.1 Å². The Balaban J connectivity index is 1.74. The Labute approximate surface area is 163 Å². The molecule has 2 aromatic carbocycles. The molecule has 0 atom stereocenters. The third-order valence-corrected chi connectivity index (χ3v) is 5.03. The topological polar surface area (TPSA) is 46.9 Å². The van der Waals surface area contributed by atoms with E-state index in [0.717, 1.165) is 16.6 Å². The molecule has 0 radical (unpaired) electrons. The molecule has 1 amide bonds. The normalized spacial score (nSPS) is 10.7. The summed E-state index contributed by atoms with van der Waals surface area (Å²) in [6.45, 7) is 0. The number of nitrogens with zero attached hydrogens (tertiary/aromatic N) is 2. The van der Waals surface area contributed by atoms with E-state index >= 15 is 0 Å². The summed E-state index contributed by atoms with van der Waals surface area (Å²) in [4.78, 5) is 13.7. The van der Waals surface area contributed by atoms with Crippen molar-refractivity contribution in [2.45, 2.75) is 0 Å². The molecule has 134 valence electrons. The lowest BCUT2D eigenvalue weighted by molar-refractivity contribution is 0.102. The molecule has 4 rings (SSSR count). The number of halogens is 2. The number of rotatable bonds is 4. The Morgan fingerprint density at radius 1 is 1.11 bits per heavy atom. The summed E-state index contributed by atoms with van der Waals surface area (Å²) >= 11 is 7.25. The summed E-state index contributed by atoms with van der Waals surface area (Å²) in [5.74, 6) is -1.04. The second kappa shape index (κ2) is 7.34. The minimum Gasteiger partial charge on any atom is -0.319 e. The molecular weight excluding hydrogens is 385 g/mol. The van der Waals surface area contributed by atoms with Crippen molar-refractivity contribution in [3.63, 3.8) is 0 Å². The van der Waals surface area contributed by atoms with Gasteiger partial charge in [0.25, 0.3) is 5.91 Å². The molecule has 2 heterocycles. The molecule has 0 fully saturated rings. The van der Waals surface area contributed by atoms with Crippen molar-refractivity contribution in [2.24, 2.45) is 0 Å². The van der Waals surface area contributed by atoms with E-state index in [4.69, 9.17) is 11.6 Å². The molecule has 4 nitrogen and oxygen atoms in total. The van der Waals surface area contributed by atoms with Gasteiger partial charge in [-0.3, -0.25) is 4.79 Å². The number of aromatic nitrogens is 2. The van der Waals surface area contributed by atoms with Gasteiger partial charge in [-0.1, -0.05) is 35.9 Å². The van der Waals surface area contributed by atoms with Gasteiger partial charge in [0.2, 0.25) is 0 Å². The number of para-hydroxylation sites is 1. The van der Waals surface area contributed by atoms with E-state index in [1.807, 2.05) is 47.8 Å². The van der Waals surface area contributed by atoms with Gasteiger partial charge >= 0.3 is 0 Å². The van der Waals surface area contributed by atoms with Crippen molar-refractivity contribution in [1.29, 1.82) is 0 Å². The molecule has 0 bridgehead atoms. The largest absolute Gasteiger partial charge is 0.319 e. The maximum Gasteiger partial charge on any atom is 0.259 e. The summed E-state index contributed by atoms with van der Waals surface area (Å²) in [7, 11) is 0. The number of hydrogen-bond acceptors (Lipinski definition) is 3. The number of carbonyl (C=O) groups is 1. The monoisotopic (exact) mass is 397 g/mol. The van der Waals surface area contributed by atoms with E-state index in [2.05, 4.69) is 10.4 Å². The van der Waals surface area contributed by atoms with Crippen molar-refractivity contribution in [2.75, 3.05) is 5.32 Å². The Hall–Kier alpha value is -2.96. The van der Waals surface area contributed by atoms with Crippen molar-refractivity contribution < 1.29 is 9.18 Å². The van der Waals surface area contributed by atoms with Gasteiger partial charge < -0.3 is 5.32 Å². The van der Waals surface area contributed by atoms with Crippen LogP contribution < -0.4 is 5.32 Å². The van der Waals surface area contributed by atoms with Crippen LogP contribution in [0.3, 0.4) is 0 Å². The van der Waals surface area contributed by atoms with E-state index in [1.165, 1.54) is 23.5 Å². The summed E-state index contributed by atoms with van der Waals surface area (Å²) in [6.07, 6.45) is 1.65. The van der Waals surface area contributed by atoms with Crippen LogP contribution >= 0.6 is 22.9 Å². The van der Waals surface area contributed by atoms with Gasteiger partial charge in [0.05, 0.1) is 21.8 Å². The SMILES string of the molecule is O=C(Nc1ccc(Cl)cc1F)c1cn(-c2ccccc2)nc1-c1cccs1. The van der Waals surface area contributed by atoms with Crippen LogP contribution in [0, 0.1) is 5.82 Å². The highest BCUT2D eigenvalue weighted by atomic mass is 35.5. The Kier molecular flexibility index (Phi) is 4.75. The zero-order valence-electron chi connectivity index (χ0n) is 13.9. The molecule has 0 saturated carbocycles. The predicted molar refractivity (Wildman–Crippen MR) is 106 cm³/mol. The number of anilines is 1. The van der Waals surface area contributed by atoms with Crippen LogP contribution in [-0.4, -0.2) is 15.7 Å². The standard InChI is InChI=1S/C20H13ClFN3OS/c21-13-8-9-17(16(22)11-13)23-20(26)15-12-25(14-5-2-1-3-6-14)24-19(15)18-7-4-10-27-18/h1-12H,(H,23,26). The average Bonchev–Trinajstić information content (AvgIpc) is 3.34. The predicted octanol–water partition coefficient (Wildman–Crippen LogP) is 5.65. The van der Waals surface area contributed by atoms with E-state index in [0.29, 0.717) is 11.3 Å². The third kappa shape index (κ3) is 3.63. The molecule has 0 saturated heterocycles. The fourth-order valence-electron chi connectivity index (χ4n) is 2.63. The smallest absolute Gasteiger partial charge is 0.259 e. The van der Waals surface area contributed by atoms with Crippen LogP contribution in [0.5, 0.6) is 0 Å². The lowest BCUT2D eigenvalue weighted by atomic mass is 10.2. The number of benzene rings is 2. The number of hydrogen-bond donors (Lipinski definition) is 1. The molecule has 1 N–H and O–H groups in total. The van der Waals surface area contributed by atoms with Gasteiger partial charge in [-0.05, 0) is 41.8 Å². The fraction of sp³-hybridized carbons (Fsp3) is 0. The van der Waals surface area contributed by atoms with Gasteiger partial charge in [0.1, 0.15) is 11.5 Å². The van der Waals surface area contributed by atoms with Crippen molar-refractivity contribution in [3.05, 3.63) is 88.6 Å². The van der Waals surface area contributed by atoms with E-state index < -0.39 is 11.7 Å². The quantitative estimate of drug-likeness (QED) is 0.484. The van der Waals surface area contributed by atoms with Crippen LogP contribution in [0.15, 0.2) is 72.2 Å². The van der Waals surface area contributed by atoms with Crippen molar-refractivity contribution in [3.8, 4) is 16.3 Å². The Morgan fingerprint density at radius 3 is 2.63 bits per heavy atom. The van der Waals surface area contributed by atoms with E-state index in [1.54, 1.807) is 10.9 Å². The second-order valence-corrected chi connectivity index (χ2v) is 7.11. The molecule has 4 aromatic rings. The molecule has 0 unspecified atom stereocenters. The molecule has 0 aliphatic rings. The minimum atomic E-state index is -0.594. The highest BCUT2D eigenvalue weighted by Crippen LogP contribution is 2.29. The first kappa shape index (κ1) is 17.5. The van der Waals surface area contributed by atoms with Crippen LogP contribution in [0.1, 0.15) is 10.4 Å². The van der Waals surface area contributed by atoms with Gasteiger partial charge in [-0.25, -0.2) is 9.07 Å². The molecule has 0 aliphatic carbocycles. The number of thiophene rings is 1. The molecule has 0 aliphatic heterocycles. The van der Waals surface area contributed by atoms with Gasteiger partial charge in [-0.2, -0.15) is 5.10 Å². The number of amides is 1. The maximum atomic E-state index is 14.1. The average molecular weight is 398 g/mol. The van der Waals surface area contributed by atoms with Crippen molar-refractivity contribution >= 4 is 34.5 Å². The lowest BCUT2D eigenvalue weighted by Gasteiger charge is -2.06. The summed E-state index contributed by atoms with van der Waals surface area (Å²) in [5, 5.41) is 9.35.